The molecule has 6 rings (SSSR count). The van der Waals surface area contributed by atoms with Gasteiger partial charge in [0.1, 0.15) is 5.76 Å². The lowest BCUT2D eigenvalue weighted by Crippen LogP contribution is -2.48. The molecule has 2 amide bonds. The number of hydrogen-bond acceptors (Lipinski definition) is 6. The highest BCUT2D eigenvalue weighted by atomic mass is 35.5. The molecular formula is C33H35ClN4O5. The van der Waals surface area contributed by atoms with Crippen LogP contribution in [0, 0.1) is 0 Å². The van der Waals surface area contributed by atoms with Crippen LogP contribution in [0.15, 0.2) is 77.3 Å². The quantitative estimate of drug-likeness (QED) is 0.238. The number of aromatic nitrogens is 1. The van der Waals surface area contributed by atoms with Gasteiger partial charge in [-0.05, 0) is 60.5 Å². The zero-order valence-electron chi connectivity index (χ0n) is 24.2. The summed E-state index contributed by atoms with van der Waals surface area (Å²) in [5, 5.41) is 0.447. The van der Waals surface area contributed by atoms with Gasteiger partial charge in [-0.15, -0.1) is 0 Å². The molecule has 0 spiro atoms. The van der Waals surface area contributed by atoms with Gasteiger partial charge in [0.2, 0.25) is 6.79 Å². The number of hydrogen-bond donors (Lipinski definition) is 0. The van der Waals surface area contributed by atoms with Crippen LogP contribution in [-0.2, 0) is 19.6 Å². The van der Waals surface area contributed by atoms with Gasteiger partial charge in [0, 0.05) is 51.2 Å². The van der Waals surface area contributed by atoms with Crippen LogP contribution in [0.4, 0.5) is 0 Å². The maximum atomic E-state index is 13.3. The second-order valence-electron chi connectivity index (χ2n) is 10.9. The Labute approximate surface area is 256 Å². The van der Waals surface area contributed by atoms with Crippen molar-refractivity contribution in [2.45, 2.75) is 33.0 Å². The number of carbonyl (C=O) groups is 2. The first kappa shape index (κ1) is 28.9. The molecule has 2 aromatic carbocycles. The van der Waals surface area contributed by atoms with E-state index in [4.69, 9.17) is 25.5 Å². The Morgan fingerprint density at radius 2 is 1.72 bits per heavy atom. The number of nitrogens with zero attached hydrogens (tertiary/aromatic N) is 4. The van der Waals surface area contributed by atoms with Gasteiger partial charge in [-0.2, -0.15) is 0 Å². The van der Waals surface area contributed by atoms with Crippen molar-refractivity contribution in [2.75, 3.05) is 39.5 Å². The number of amides is 2. The summed E-state index contributed by atoms with van der Waals surface area (Å²) < 4.78 is 19.0. The minimum Gasteiger partial charge on any atom is -0.454 e. The molecule has 2 aromatic heterocycles. The third-order valence-corrected chi connectivity index (χ3v) is 8.19. The molecule has 0 bridgehead atoms. The number of benzene rings is 2. The first-order chi connectivity index (χ1) is 21.0. The molecule has 0 radical (unpaired) electrons. The molecule has 0 aliphatic carbocycles. The van der Waals surface area contributed by atoms with Gasteiger partial charge in [-0.3, -0.25) is 14.5 Å². The van der Waals surface area contributed by atoms with Gasteiger partial charge in [-0.25, -0.2) is 0 Å². The highest BCUT2D eigenvalue weighted by Crippen LogP contribution is 2.33. The molecule has 10 heteroatoms. The lowest BCUT2D eigenvalue weighted by atomic mass is 10.1. The maximum Gasteiger partial charge on any atom is 0.289 e. The van der Waals surface area contributed by atoms with E-state index in [1.807, 2.05) is 70.0 Å². The van der Waals surface area contributed by atoms with E-state index in [9.17, 15) is 9.59 Å². The van der Waals surface area contributed by atoms with Crippen molar-refractivity contribution in [1.82, 2.24) is 19.3 Å². The zero-order chi connectivity index (χ0) is 29.8. The Morgan fingerprint density at radius 1 is 0.907 bits per heavy atom. The molecule has 0 saturated carbocycles. The van der Waals surface area contributed by atoms with Crippen molar-refractivity contribution in [3.05, 3.63) is 106 Å². The molecule has 1 fully saturated rings. The van der Waals surface area contributed by atoms with Crippen molar-refractivity contribution in [1.29, 1.82) is 0 Å². The van der Waals surface area contributed by atoms with E-state index >= 15 is 0 Å². The normalized spacial score (nSPS) is 14.7. The van der Waals surface area contributed by atoms with Crippen LogP contribution in [0.3, 0.4) is 0 Å². The minimum atomic E-state index is -0.0961. The van der Waals surface area contributed by atoms with Gasteiger partial charge < -0.3 is 28.3 Å². The van der Waals surface area contributed by atoms with E-state index in [0.717, 1.165) is 48.8 Å². The fourth-order valence-corrected chi connectivity index (χ4v) is 5.79. The van der Waals surface area contributed by atoms with Crippen LogP contribution in [-0.4, -0.2) is 70.6 Å². The van der Waals surface area contributed by atoms with E-state index in [1.54, 1.807) is 18.2 Å². The molecule has 0 atom stereocenters. The van der Waals surface area contributed by atoms with Gasteiger partial charge in [0.05, 0.1) is 23.7 Å². The number of carbonyl (C=O) groups excluding carboxylic acids is 2. The van der Waals surface area contributed by atoms with E-state index in [0.29, 0.717) is 54.8 Å². The standard InChI is InChI=1S/C33H35ClN4O5/c1-2-13-38(32(39)27-7-3-4-8-28(27)34)21-25-6-5-14-37(25)22-26-10-12-30(43-26)33(40)36-17-15-35(16-18-36)20-24-9-11-29-31(19-24)42-23-41-29/h3-12,14,19H,2,13,15-18,20-23H2,1H3. The summed E-state index contributed by atoms with van der Waals surface area (Å²) in [5.74, 6) is 2.40. The number of halogens is 1. The van der Waals surface area contributed by atoms with Crippen LogP contribution in [0.2, 0.25) is 5.02 Å². The largest absolute Gasteiger partial charge is 0.454 e. The van der Waals surface area contributed by atoms with E-state index < -0.39 is 0 Å². The first-order valence-electron chi connectivity index (χ1n) is 14.6. The number of ether oxygens (including phenoxy) is 2. The summed E-state index contributed by atoms with van der Waals surface area (Å²) in [7, 11) is 0. The second kappa shape index (κ2) is 13.0. The highest BCUT2D eigenvalue weighted by Gasteiger charge is 2.25. The Hall–Kier alpha value is -4.21. The van der Waals surface area contributed by atoms with E-state index in [2.05, 4.69) is 11.0 Å². The van der Waals surface area contributed by atoms with E-state index in [-0.39, 0.29) is 18.6 Å². The average molecular weight is 603 g/mol. The van der Waals surface area contributed by atoms with Crippen LogP contribution >= 0.6 is 11.6 Å². The second-order valence-corrected chi connectivity index (χ2v) is 11.3. The lowest BCUT2D eigenvalue weighted by molar-refractivity contribution is 0.0595. The topological polar surface area (TPSA) is 80.4 Å². The van der Waals surface area contributed by atoms with Crippen LogP contribution in [0.1, 0.15) is 51.3 Å². The summed E-state index contributed by atoms with van der Waals surface area (Å²) in [6.07, 6.45) is 2.79. The Balaban J connectivity index is 1.04. The molecule has 2 aliphatic rings. The average Bonchev–Trinajstić information content (AvgIpc) is 3.79. The molecule has 0 N–H and O–H groups in total. The summed E-state index contributed by atoms with van der Waals surface area (Å²) in [5.41, 5.74) is 2.63. The van der Waals surface area contributed by atoms with Gasteiger partial charge in [-0.1, -0.05) is 36.7 Å². The highest BCUT2D eigenvalue weighted by molar-refractivity contribution is 6.33. The molecule has 0 unspecified atom stereocenters. The monoisotopic (exact) mass is 602 g/mol. The zero-order valence-corrected chi connectivity index (χ0v) is 25.0. The molecular weight excluding hydrogens is 568 g/mol. The fraction of sp³-hybridized carbons (Fsp3) is 0.333. The molecule has 4 aromatic rings. The molecule has 4 heterocycles. The third kappa shape index (κ3) is 6.58. The summed E-state index contributed by atoms with van der Waals surface area (Å²) in [4.78, 5) is 32.5. The molecule has 9 nitrogen and oxygen atoms in total. The summed E-state index contributed by atoms with van der Waals surface area (Å²) >= 11 is 6.32. The van der Waals surface area contributed by atoms with Gasteiger partial charge >= 0.3 is 0 Å². The number of piperazine rings is 1. The number of fused-ring (bicyclic) bond motifs is 1. The molecule has 1 saturated heterocycles. The molecule has 224 valence electrons. The Kier molecular flexibility index (Phi) is 8.72. The van der Waals surface area contributed by atoms with Crippen LogP contribution in [0.5, 0.6) is 11.5 Å². The van der Waals surface area contributed by atoms with E-state index in [1.165, 1.54) is 0 Å². The first-order valence-corrected chi connectivity index (χ1v) is 15.0. The Morgan fingerprint density at radius 3 is 2.53 bits per heavy atom. The van der Waals surface area contributed by atoms with Crippen molar-refractivity contribution in [3.8, 4) is 11.5 Å². The Bertz CT molecular complexity index is 1590. The number of rotatable bonds is 10. The maximum absolute atomic E-state index is 13.3. The minimum absolute atomic E-state index is 0.0953. The van der Waals surface area contributed by atoms with Crippen LogP contribution in [0.25, 0.3) is 0 Å². The molecule has 43 heavy (non-hydrogen) atoms. The van der Waals surface area contributed by atoms with Crippen molar-refractivity contribution >= 4 is 23.4 Å². The molecule has 2 aliphatic heterocycles. The van der Waals surface area contributed by atoms with Crippen LogP contribution < -0.4 is 9.47 Å². The van der Waals surface area contributed by atoms with Gasteiger partial charge in [0.15, 0.2) is 17.3 Å². The summed E-state index contributed by atoms with van der Waals surface area (Å²) in [6.45, 7) is 7.44. The van der Waals surface area contributed by atoms with Gasteiger partial charge in [0.25, 0.3) is 11.8 Å². The SMILES string of the molecule is CCCN(Cc1cccn1Cc1ccc(C(=O)N2CCN(Cc3ccc4c(c3)OCO4)CC2)o1)C(=O)c1ccccc1Cl. The van der Waals surface area contributed by atoms with Crippen molar-refractivity contribution < 1.29 is 23.5 Å². The third-order valence-electron chi connectivity index (χ3n) is 7.86. The lowest BCUT2D eigenvalue weighted by Gasteiger charge is -2.34. The summed E-state index contributed by atoms with van der Waals surface area (Å²) in [6, 6.07) is 20.7. The fourth-order valence-electron chi connectivity index (χ4n) is 5.58. The predicted molar refractivity (Wildman–Crippen MR) is 162 cm³/mol. The van der Waals surface area contributed by atoms with Crippen molar-refractivity contribution in [2.24, 2.45) is 0 Å². The predicted octanol–water partition coefficient (Wildman–Crippen LogP) is 5.52. The smallest absolute Gasteiger partial charge is 0.289 e. The van der Waals surface area contributed by atoms with Crippen molar-refractivity contribution in [3.63, 3.8) is 0 Å². The number of furan rings is 1.